The van der Waals surface area contributed by atoms with Gasteiger partial charge in [0.1, 0.15) is 18.2 Å². The lowest BCUT2D eigenvalue weighted by Crippen LogP contribution is -1.95. The Morgan fingerprint density at radius 3 is 2.68 bits per heavy atom. The summed E-state index contributed by atoms with van der Waals surface area (Å²) in [5.41, 5.74) is 1.52. The van der Waals surface area contributed by atoms with Gasteiger partial charge < -0.3 is 0 Å². The van der Waals surface area contributed by atoms with Crippen LogP contribution < -0.4 is 0 Å². The van der Waals surface area contributed by atoms with E-state index in [0.717, 1.165) is 5.56 Å². The fourth-order valence-electron chi connectivity index (χ4n) is 1.95. The van der Waals surface area contributed by atoms with E-state index in [-0.39, 0.29) is 11.6 Å². The number of rotatable bonds is 2. The number of nitrogens with zero attached hydrogens (tertiary/aromatic N) is 7. The molecule has 0 aliphatic carbocycles. The van der Waals surface area contributed by atoms with Gasteiger partial charge in [0.15, 0.2) is 0 Å². The summed E-state index contributed by atoms with van der Waals surface area (Å²) in [7, 11) is 0. The maximum absolute atomic E-state index is 12.9. The molecular weight excluding hydrogens is 305 g/mol. The Morgan fingerprint density at radius 2 is 2.00 bits per heavy atom. The lowest BCUT2D eigenvalue weighted by atomic mass is 10.2. The highest BCUT2D eigenvalue weighted by atomic mass is 32.1. The summed E-state index contributed by atoms with van der Waals surface area (Å²) in [4.78, 5) is 8.96. The van der Waals surface area contributed by atoms with Crippen LogP contribution in [0.1, 0.15) is 5.82 Å². The molecule has 0 N–H and O–H groups in total. The minimum Gasteiger partial charge on any atom is -0.217 e. The quantitative estimate of drug-likeness (QED) is 0.565. The molecule has 0 fully saturated rings. The maximum Gasteiger partial charge on any atom is 0.252 e. The first-order chi connectivity index (χ1) is 10.7. The molecular formula is C13H6FN7S. The predicted molar refractivity (Wildman–Crippen MR) is 75.9 cm³/mol. The monoisotopic (exact) mass is 311 g/mol. The van der Waals surface area contributed by atoms with E-state index in [1.54, 1.807) is 22.8 Å². The molecule has 0 unspecified atom stereocenters. The van der Waals surface area contributed by atoms with Gasteiger partial charge in [-0.05, 0) is 24.3 Å². The number of nitriles is 1. The standard InChI is InChI=1S/C13H6FN7S/c14-9-3-1-8(2-4-9)10-6-20-12(17-10)22-13(19-20)21-7-16-11(5-15)18-21/h1-4,6-7H. The van der Waals surface area contributed by atoms with Crippen LogP contribution in [0.4, 0.5) is 4.39 Å². The topological polar surface area (TPSA) is 84.7 Å². The largest absolute Gasteiger partial charge is 0.252 e. The van der Waals surface area contributed by atoms with Crippen molar-refractivity contribution < 1.29 is 4.39 Å². The molecule has 0 aliphatic heterocycles. The van der Waals surface area contributed by atoms with Crippen molar-refractivity contribution in [1.82, 2.24) is 29.4 Å². The maximum atomic E-state index is 12.9. The summed E-state index contributed by atoms with van der Waals surface area (Å²) in [6, 6.07) is 7.97. The number of fused-ring (bicyclic) bond motifs is 1. The molecule has 0 radical (unpaired) electrons. The van der Waals surface area contributed by atoms with E-state index >= 15 is 0 Å². The minimum absolute atomic E-state index is 0.0832. The fraction of sp³-hybridized carbons (Fsp3) is 0. The van der Waals surface area contributed by atoms with Crippen molar-refractivity contribution in [1.29, 1.82) is 5.26 Å². The van der Waals surface area contributed by atoms with Crippen LogP contribution >= 0.6 is 11.3 Å². The smallest absolute Gasteiger partial charge is 0.217 e. The molecule has 7 nitrogen and oxygen atoms in total. The Hall–Kier alpha value is -3.12. The van der Waals surface area contributed by atoms with Crippen LogP contribution in [0.3, 0.4) is 0 Å². The number of hydrogen-bond donors (Lipinski definition) is 0. The lowest BCUT2D eigenvalue weighted by Gasteiger charge is -1.95. The molecule has 0 saturated carbocycles. The zero-order chi connectivity index (χ0) is 15.1. The molecule has 1 aromatic carbocycles. The zero-order valence-corrected chi connectivity index (χ0v) is 11.7. The van der Waals surface area contributed by atoms with Gasteiger partial charge in [0.25, 0.3) is 5.82 Å². The average molecular weight is 311 g/mol. The summed E-state index contributed by atoms with van der Waals surface area (Å²) in [5.74, 6) is -0.204. The zero-order valence-electron chi connectivity index (χ0n) is 10.9. The summed E-state index contributed by atoms with van der Waals surface area (Å²) in [6.07, 6.45) is 3.18. The Labute approximate surface area is 126 Å². The number of halogens is 1. The van der Waals surface area contributed by atoms with Crippen molar-refractivity contribution in [2.75, 3.05) is 0 Å². The Kier molecular flexibility index (Phi) is 2.70. The molecule has 4 rings (SSSR count). The summed E-state index contributed by atoms with van der Waals surface area (Å²) < 4.78 is 16.0. The van der Waals surface area contributed by atoms with Crippen LogP contribution in [0.2, 0.25) is 0 Å². The molecule has 0 spiro atoms. The van der Waals surface area contributed by atoms with E-state index in [0.29, 0.717) is 15.8 Å². The van der Waals surface area contributed by atoms with E-state index in [2.05, 4.69) is 20.2 Å². The number of benzene rings is 1. The van der Waals surface area contributed by atoms with Crippen LogP contribution in [0.25, 0.3) is 21.3 Å². The molecule has 3 aromatic heterocycles. The highest BCUT2D eigenvalue weighted by Gasteiger charge is 2.12. The van der Waals surface area contributed by atoms with E-state index in [4.69, 9.17) is 5.26 Å². The first kappa shape index (κ1) is 12.6. The molecule has 9 heteroatoms. The molecule has 22 heavy (non-hydrogen) atoms. The van der Waals surface area contributed by atoms with Crippen molar-refractivity contribution in [2.45, 2.75) is 0 Å². The third-order valence-electron chi connectivity index (χ3n) is 2.96. The molecule has 3 heterocycles. The van der Waals surface area contributed by atoms with Gasteiger partial charge in [0.2, 0.25) is 10.1 Å². The second-order valence-electron chi connectivity index (χ2n) is 4.37. The van der Waals surface area contributed by atoms with Gasteiger partial charge in [-0.3, -0.25) is 0 Å². The van der Waals surface area contributed by atoms with Crippen LogP contribution in [-0.4, -0.2) is 29.4 Å². The Balaban J connectivity index is 1.73. The molecule has 0 saturated heterocycles. The van der Waals surface area contributed by atoms with Crippen molar-refractivity contribution in [3.05, 3.63) is 48.4 Å². The summed E-state index contributed by atoms with van der Waals surface area (Å²) in [5, 5.41) is 17.6. The Bertz CT molecular complexity index is 974. The van der Waals surface area contributed by atoms with Crippen LogP contribution in [0.5, 0.6) is 0 Å². The van der Waals surface area contributed by atoms with E-state index in [9.17, 15) is 4.39 Å². The first-order valence-electron chi connectivity index (χ1n) is 6.17. The number of hydrogen-bond acceptors (Lipinski definition) is 6. The van der Waals surface area contributed by atoms with Crippen LogP contribution in [-0.2, 0) is 0 Å². The molecule has 0 atom stereocenters. The van der Waals surface area contributed by atoms with Crippen molar-refractivity contribution in [2.24, 2.45) is 0 Å². The highest BCUT2D eigenvalue weighted by molar-refractivity contribution is 7.19. The predicted octanol–water partition coefficient (Wildman–Crippen LogP) is 2.05. The third kappa shape index (κ3) is 2.02. The SMILES string of the molecule is N#Cc1ncn(-c2nn3cc(-c4ccc(F)cc4)nc3s2)n1. The van der Waals surface area contributed by atoms with Gasteiger partial charge in [-0.25, -0.2) is 18.9 Å². The number of aromatic nitrogens is 6. The van der Waals surface area contributed by atoms with Crippen molar-refractivity contribution >= 4 is 16.3 Å². The molecule has 0 bridgehead atoms. The van der Waals surface area contributed by atoms with E-state index in [1.165, 1.54) is 34.5 Å². The molecule has 106 valence electrons. The van der Waals surface area contributed by atoms with Crippen molar-refractivity contribution in [3.63, 3.8) is 0 Å². The van der Waals surface area contributed by atoms with E-state index in [1.807, 2.05) is 6.07 Å². The molecule has 4 aromatic rings. The first-order valence-corrected chi connectivity index (χ1v) is 6.99. The molecule has 0 aliphatic rings. The minimum atomic E-state index is -0.287. The van der Waals surface area contributed by atoms with Gasteiger partial charge in [-0.2, -0.15) is 9.94 Å². The highest BCUT2D eigenvalue weighted by Crippen LogP contribution is 2.23. The number of imidazole rings is 1. The molecule has 0 amide bonds. The summed E-state index contributed by atoms with van der Waals surface area (Å²) >= 11 is 1.31. The van der Waals surface area contributed by atoms with Gasteiger partial charge >= 0.3 is 0 Å². The Morgan fingerprint density at radius 1 is 1.18 bits per heavy atom. The average Bonchev–Trinajstić information content (AvgIpc) is 3.21. The third-order valence-corrected chi connectivity index (χ3v) is 3.87. The van der Waals surface area contributed by atoms with Crippen molar-refractivity contribution in [3.8, 4) is 22.5 Å². The second kappa shape index (κ2) is 4.71. The fourth-order valence-corrected chi connectivity index (χ4v) is 2.75. The summed E-state index contributed by atoms with van der Waals surface area (Å²) in [6.45, 7) is 0. The normalized spacial score (nSPS) is 10.9. The van der Waals surface area contributed by atoms with Crippen LogP contribution in [0, 0.1) is 17.1 Å². The second-order valence-corrected chi connectivity index (χ2v) is 5.30. The van der Waals surface area contributed by atoms with E-state index < -0.39 is 0 Å². The lowest BCUT2D eigenvalue weighted by molar-refractivity contribution is 0.628. The van der Waals surface area contributed by atoms with Gasteiger partial charge in [-0.15, -0.1) is 10.2 Å². The van der Waals surface area contributed by atoms with Gasteiger partial charge in [0, 0.05) is 5.56 Å². The van der Waals surface area contributed by atoms with Crippen LogP contribution in [0.15, 0.2) is 36.8 Å². The van der Waals surface area contributed by atoms with Gasteiger partial charge in [-0.1, -0.05) is 11.3 Å². The van der Waals surface area contributed by atoms with Gasteiger partial charge in [0.05, 0.1) is 11.9 Å².